The number of hydrogen-bond donors (Lipinski definition) is 1. The van der Waals surface area contributed by atoms with Gasteiger partial charge in [-0.2, -0.15) is 0 Å². The number of anilines is 1. The molecule has 0 amide bonds. The summed E-state index contributed by atoms with van der Waals surface area (Å²) in [5.74, 6) is -0.775. The van der Waals surface area contributed by atoms with E-state index in [1.165, 1.54) is 4.31 Å². The first-order valence-corrected chi connectivity index (χ1v) is 8.54. The van der Waals surface area contributed by atoms with Gasteiger partial charge in [0.2, 0.25) is 10.0 Å². The molecular formula is C14H20N2O4S. The van der Waals surface area contributed by atoms with E-state index < -0.39 is 16.0 Å². The Kier molecular flexibility index (Phi) is 4.84. The van der Waals surface area contributed by atoms with Gasteiger partial charge in [-0.05, 0) is 25.0 Å². The number of nitrogens with zero attached hydrogens (tertiary/aromatic N) is 1. The number of sulfonamides is 1. The van der Waals surface area contributed by atoms with Gasteiger partial charge in [0.25, 0.3) is 0 Å². The maximum absolute atomic E-state index is 12.5. The number of rotatable bonds is 5. The summed E-state index contributed by atoms with van der Waals surface area (Å²) in [4.78, 5) is 11.4. The van der Waals surface area contributed by atoms with Crippen LogP contribution in [0.4, 0.5) is 5.69 Å². The molecule has 6 nitrogen and oxygen atoms in total. The third kappa shape index (κ3) is 3.74. The van der Waals surface area contributed by atoms with Gasteiger partial charge in [-0.25, -0.2) is 8.42 Å². The molecule has 0 spiro atoms. The molecule has 1 aliphatic heterocycles. The minimum atomic E-state index is -3.59. The number of hydrogen-bond acceptors (Lipinski definition) is 5. The second-order valence-corrected chi connectivity index (χ2v) is 7.01. The molecule has 0 saturated heterocycles. The van der Waals surface area contributed by atoms with Gasteiger partial charge in [-0.3, -0.25) is 9.10 Å². The molecule has 1 atom stereocenters. The first kappa shape index (κ1) is 15.8. The highest BCUT2D eigenvalue weighted by Crippen LogP contribution is 2.29. The molecule has 0 radical (unpaired) electrons. The Morgan fingerprint density at radius 2 is 2.14 bits per heavy atom. The van der Waals surface area contributed by atoms with Crippen molar-refractivity contribution in [2.45, 2.75) is 25.8 Å². The first-order valence-electron chi connectivity index (χ1n) is 6.93. The molecule has 0 aromatic heterocycles. The van der Waals surface area contributed by atoms with Crippen molar-refractivity contribution >= 4 is 21.7 Å². The van der Waals surface area contributed by atoms with Crippen LogP contribution in [0.1, 0.15) is 18.9 Å². The lowest BCUT2D eigenvalue weighted by atomic mass is 10.0. The van der Waals surface area contributed by atoms with Crippen LogP contribution in [0.5, 0.6) is 0 Å². The van der Waals surface area contributed by atoms with Crippen LogP contribution in [-0.4, -0.2) is 39.3 Å². The van der Waals surface area contributed by atoms with Crippen LogP contribution in [0.25, 0.3) is 0 Å². The molecule has 1 aromatic rings. The molecule has 1 unspecified atom stereocenters. The number of carbonyl (C=O) groups is 1. The second kappa shape index (κ2) is 6.44. The number of nitrogens with two attached hydrogens (primary N) is 1. The highest BCUT2D eigenvalue weighted by Gasteiger charge is 2.30. The number of carbonyl (C=O) groups excluding carboxylic acids is 1. The minimum Gasteiger partial charge on any atom is -0.466 e. The van der Waals surface area contributed by atoms with Crippen LogP contribution >= 0.6 is 0 Å². The van der Waals surface area contributed by atoms with E-state index in [2.05, 4.69) is 0 Å². The Hall–Kier alpha value is -1.60. The number of esters is 1. The number of para-hydroxylation sites is 1. The molecular weight excluding hydrogens is 292 g/mol. The van der Waals surface area contributed by atoms with Crippen molar-refractivity contribution in [3.8, 4) is 0 Å². The van der Waals surface area contributed by atoms with Gasteiger partial charge in [-0.1, -0.05) is 18.2 Å². The summed E-state index contributed by atoms with van der Waals surface area (Å²) in [5.41, 5.74) is 7.51. The van der Waals surface area contributed by atoms with Gasteiger partial charge in [0.05, 0.1) is 24.5 Å². The second-order valence-electron chi connectivity index (χ2n) is 5.00. The van der Waals surface area contributed by atoms with Crippen molar-refractivity contribution < 1.29 is 17.9 Å². The SMILES string of the molecule is CCOC(=O)CCS(=O)(=O)N1CC(N)Cc2ccccc21. The van der Waals surface area contributed by atoms with Gasteiger partial charge in [0, 0.05) is 12.6 Å². The normalized spacial score (nSPS) is 18.2. The molecule has 0 fully saturated rings. The zero-order chi connectivity index (χ0) is 15.5. The maximum atomic E-state index is 12.5. The van der Waals surface area contributed by atoms with Crippen LogP contribution in [0.15, 0.2) is 24.3 Å². The topological polar surface area (TPSA) is 89.7 Å². The van der Waals surface area contributed by atoms with Crippen molar-refractivity contribution in [3.63, 3.8) is 0 Å². The third-order valence-electron chi connectivity index (χ3n) is 3.35. The Labute approximate surface area is 124 Å². The summed E-state index contributed by atoms with van der Waals surface area (Å²) in [6.45, 7) is 2.17. The lowest BCUT2D eigenvalue weighted by molar-refractivity contribution is -0.142. The Balaban J connectivity index is 2.18. The van der Waals surface area contributed by atoms with E-state index in [9.17, 15) is 13.2 Å². The fraction of sp³-hybridized carbons (Fsp3) is 0.500. The van der Waals surface area contributed by atoms with Crippen LogP contribution in [0, 0.1) is 0 Å². The number of fused-ring (bicyclic) bond motifs is 1. The average molecular weight is 312 g/mol. The molecule has 116 valence electrons. The lowest BCUT2D eigenvalue weighted by Gasteiger charge is -2.33. The number of benzene rings is 1. The van der Waals surface area contributed by atoms with E-state index in [4.69, 9.17) is 10.5 Å². The van der Waals surface area contributed by atoms with E-state index in [0.717, 1.165) is 5.56 Å². The minimum absolute atomic E-state index is 0.149. The first-order chi connectivity index (χ1) is 9.94. The van der Waals surface area contributed by atoms with Crippen LogP contribution in [0.3, 0.4) is 0 Å². The Morgan fingerprint density at radius 3 is 2.86 bits per heavy atom. The third-order valence-corrected chi connectivity index (χ3v) is 5.09. The van der Waals surface area contributed by atoms with Crippen molar-refractivity contribution in [3.05, 3.63) is 29.8 Å². The lowest BCUT2D eigenvalue weighted by Crippen LogP contribution is -2.47. The summed E-state index contributed by atoms with van der Waals surface area (Å²) in [7, 11) is -3.59. The summed E-state index contributed by atoms with van der Waals surface area (Å²) >= 11 is 0. The average Bonchev–Trinajstić information content (AvgIpc) is 2.44. The van der Waals surface area contributed by atoms with Gasteiger partial charge < -0.3 is 10.5 Å². The Morgan fingerprint density at radius 1 is 1.43 bits per heavy atom. The smallest absolute Gasteiger partial charge is 0.306 e. The molecule has 0 bridgehead atoms. The van der Waals surface area contributed by atoms with Crippen LogP contribution in [0.2, 0.25) is 0 Å². The Bertz CT molecular complexity index is 615. The van der Waals surface area contributed by atoms with Crippen LogP contribution < -0.4 is 10.0 Å². The van der Waals surface area contributed by atoms with Crippen LogP contribution in [-0.2, 0) is 26.0 Å². The van der Waals surface area contributed by atoms with Gasteiger partial charge in [0.1, 0.15) is 0 Å². The van der Waals surface area contributed by atoms with E-state index in [0.29, 0.717) is 12.1 Å². The molecule has 1 aliphatic rings. The largest absolute Gasteiger partial charge is 0.466 e. The summed E-state index contributed by atoms with van der Waals surface area (Å²) in [6.07, 6.45) is 0.504. The van der Waals surface area contributed by atoms with E-state index in [1.807, 2.05) is 12.1 Å². The summed E-state index contributed by atoms with van der Waals surface area (Å²) < 4.78 is 31.0. The molecule has 1 aromatic carbocycles. The standard InChI is InChI=1S/C14H20N2O4S/c1-2-20-14(17)7-8-21(18,19)16-10-12(15)9-11-5-3-4-6-13(11)16/h3-6,12H,2,7-10,15H2,1H3. The molecule has 2 N–H and O–H groups in total. The van der Waals surface area contributed by atoms with E-state index in [1.54, 1.807) is 19.1 Å². The highest BCUT2D eigenvalue weighted by molar-refractivity contribution is 7.92. The van der Waals surface area contributed by atoms with Crippen molar-refractivity contribution in [2.24, 2.45) is 5.73 Å². The number of ether oxygens (including phenoxy) is 1. The molecule has 0 saturated carbocycles. The molecule has 2 rings (SSSR count). The van der Waals surface area contributed by atoms with Crippen molar-refractivity contribution in [1.82, 2.24) is 0 Å². The molecule has 1 heterocycles. The fourth-order valence-electron chi connectivity index (χ4n) is 2.40. The van der Waals surface area contributed by atoms with Gasteiger partial charge >= 0.3 is 5.97 Å². The van der Waals surface area contributed by atoms with Crippen molar-refractivity contribution in [1.29, 1.82) is 0 Å². The maximum Gasteiger partial charge on any atom is 0.306 e. The van der Waals surface area contributed by atoms with E-state index >= 15 is 0 Å². The van der Waals surface area contributed by atoms with Gasteiger partial charge in [0.15, 0.2) is 0 Å². The summed E-state index contributed by atoms with van der Waals surface area (Å²) in [5, 5.41) is 0. The highest BCUT2D eigenvalue weighted by atomic mass is 32.2. The molecule has 7 heteroatoms. The predicted octanol–water partition coefficient (Wildman–Crippen LogP) is 0.659. The monoisotopic (exact) mass is 312 g/mol. The zero-order valence-electron chi connectivity index (χ0n) is 12.0. The quantitative estimate of drug-likeness (QED) is 0.807. The molecule has 21 heavy (non-hydrogen) atoms. The predicted molar refractivity (Wildman–Crippen MR) is 80.5 cm³/mol. The fourth-order valence-corrected chi connectivity index (χ4v) is 3.95. The summed E-state index contributed by atoms with van der Waals surface area (Å²) in [6, 6.07) is 7.06. The van der Waals surface area contributed by atoms with Gasteiger partial charge in [-0.15, -0.1) is 0 Å². The molecule has 0 aliphatic carbocycles. The van der Waals surface area contributed by atoms with Crippen molar-refractivity contribution in [2.75, 3.05) is 23.2 Å². The van der Waals surface area contributed by atoms with E-state index in [-0.39, 0.29) is 31.4 Å². The zero-order valence-corrected chi connectivity index (χ0v) is 12.8.